The van der Waals surface area contributed by atoms with Crippen molar-refractivity contribution in [3.8, 4) is 0 Å². The van der Waals surface area contributed by atoms with Crippen LogP contribution in [0.5, 0.6) is 0 Å². The van der Waals surface area contributed by atoms with Gasteiger partial charge in [-0.1, -0.05) is 26.5 Å². The molecule has 0 bridgehead atoms. The molecular formula is C12H16FN. The fourth-order valence-electron chi connectivity index (χ4n) is 1.70. The third-order valence-electron chi connectivity index (χ3n) is 2.36. The zero-order valence-corrected chi connectivity index (χ0v) is 8.89. The number of rotatable bonds is 2. The van der Waals surface area contributed by atoms with Crippen LogP contribution in [0.4, 0.5) is 10.1 Å². The lowest BCUT2D eigenvalue weighted by molar-refractivity contribution is 0.601. The topological polar surface area (TPSA) is 26.0 Å². The van der Waals surface area contributed by atoms with Gasteiger partial charge in [0.2, 0.25) is 0 Å². The summed E-state index contributed by atoms with van der Waals surface area (Å²) in [6, 6.07) is 1.65. The molecule has 0 unspecified atom stereocenters. The summed E-state index contributed by atoms with van der Waals surface area (Å²) in [4.78, 5) is 0. The minimum atomic E-state index is -0.305. The molecule has 0 amide bonds. The first kappa shape index (κ1) is 10.8. The van der Waals surface area contributed by atoms with Crippen molar-refractivity contribution < 1.29 is 4.39 Å². The van der Waals surface area contributed by atoms with Crippen LogP contribution in [0.2, 0.25) is 0 Å². The van der Waals surface area contributed by atoms with Crippen molar-refractivity contribution in [1.82, 2.24) is 0 Å². The predicted octanol–water partition coefficient (Wildman–Crippen LogP) is 3.48. The summed E-state index contributed by atoms with van der Waals surface area (Å²) in [5.41, 5.74) is 8.30. The van der Waals surface area contributed by atoms with E-state index >= 15 is 0 Å². The van der Waals surface area contributed by atoms with Crippen molar-refractivity contribution in [1.29, 1.82) is 0 Å². The van der Waals surface area contributed by atoms with E-state index in [-0.39, 0.29) is 17.4 Å². The molecule has 0 saturated heterocycles. The molecule has 1 rings (SSSR count). The molecule has 0 heterocycles. The maximum Gasteiger partial charge on any atom is 0.150 e. The van der Waals surface area contributed by atoms with E-state index in [1.165, 1.54) is 0 Å². The number of hydrogen-bond acceptors (Lipinski definition) is 1. The Balaban J connectivity index is 3.56. The lowest BCUT2D eigenvalue weighted by Crippen LogP contribution is -2.03. The van der Waals surface area contributed by atoms with Crippen molar-refractivity contribution in [2.75, 3.05) is 5.73 Å². The maximum absolute atomic E-state index is 13.7. The van der Waals surface area contributed by atoms with Crippen molar-refractivity contribution in [2.24, 2.45) is 0 Å². The average molecular weight is 193 g/mol. The number of halogens is 1. The van der Waals surface area contributed by atoms with E-state index < -0.39 is 0 Å². The number of anilines is 1. The maximum atomic E-state index is 13.7. The van der Waals surface area contributed by atoms with Crippen LogP contribution < -0.4 is 5.73 Å². The Hall–Kier alpha value is -1.31. The fourth-order valence-corrected chi connectivity index (χ4v) is 1.70. The SMILES string of the molecule is C=Cc1c(C)cc(N)c(F)c1C(C)C. The molecule has 0 radical (unpaired) electrons. The molecule has 2 N–H and O–H groups in total. The van der Waals surface area contributed by atoms with Gasteiger partial charge >= 0.3 is 0 Å². The van der Waals surface area contributed by atoms with Crippen LogP contribution in [0.3, 0.4) is 0 Å². The number of aryl methyl sites for hydroxylation is 1. The van der Waals surface area contributed by atoms with Crippen LogP contribution >= 0.6 is 0 Å². The lowest BCUT2D eigenvalue weighted by Gasteiger charge is -2.15. The summed E-state index contributed by atoms with van der Waals surface area (Å²) < 4.78 is 13.7. The van der Waals surface area contributed by atoms with E-state index in [0.717, 1.165) is 11.1 Å². The molecule has 0 aliphatic rings. The van der Waals surface area contributed by atoms with Gasteiger partial charge in [-0.05, 0) is 35.6 Å². The molecule has 1 aromatic rings. The van der Waals surface area contributed by atoms with E-state index in [4.69, 9.17) is 5.73 Å². The summed E-state index contributed by atoms with van der Waals surface area (Å²) in [5, 5.41) is 0. The molecule has 0 saturated carbocycles. The second kappa shape index (κ2) is 3.82. The van der Waals surface area contributed by atoms with Crippen LogP contribution in [-0.2, 0) is 0 Å². The largest absolute Gasteiger partial charge is 0.396 e. The highest BCUT2D eigenvalue weighted by Crippen LogP contribution is 2.30. The van der Waals surface area contributed by atoms with E-state index in [2.05, 4.69) is 6.58 Å². The summed E-state index contributed by atoms with van der Waals surface area (Å²) in [7, 11) is 0. The number of nitrogens with two attached hydrogens (primary N) is 1. The Morgan fingerprint density at radius 1 is 1.50 bits per heavy atom. The third-order valence-corrected chi connectivity index (χ3v) is 2.36. The first-order valence-corrected chi connectivity index (χ1v) is 4.70. The minimum absolute atomic E-state index is 0.116. The first-order chi connectivity index (χ1) is 6.49. The first-order valence-electron chi connectivity index (χ1n) is 4.70. The Kier molecular flexibility index (Phi) is 2.94. The zero-order chi connectivity index (χ0) is 10.9. The van der Waals surface area contributed by atoms with Crippen molar-refractivity contribution in [3.05, 3.63) is 35.2 Å². The second-order valence-corrected chi connectivity index (χ2v) is 3.78. The van der Waals surface area contributed by atoms with Gasteiger partial charge in [0, 0.05) is 0 Å². The summed E-state index contributed by atoms with van der Waals surface area (Å²) >= 11 is 0. The van der Waals surface area contributed by atoms with Crippen molar-refractivity contribution in [3.63, 3.8) is 0 Å². The molecule has 0 spiro atoms. The standard InChI is InChI=1S/C12H16FN/c1-5-9-8(4)6-10(14)12(13)11(9)7(2)3/h5-7H,1,14H2,2-4H3. The molecule has 76 valence electrons. The van der Waals surface area contributed by atoms with Crippen LogP contribution in [0.25, 0.3) is 6.08 Å². The molecule has 0 fully saturated rings. The highest BCUT2D eigenvalue weighted by atomic mass is 19.1. The Morgan fingerprint density at radius 3 is 2.50 bits per heavy atom. The van der Waals surface area contributed by atoms with Crippen molar-refractivity contribution in [2.45, 2.75) is 26.7 Å². The second-order valence-electron chi connectivity index (χ2n) is 3.78. The molecule has 2 heteroatoms. The van der Waals surface area contributed by atoms with Gasteiger partial charge in [0.05, 0.1) is 5.69 Å². The predicted molar refractivity (Wildman–Crippen MR) is 59.7 cm³/mol. The molecule has 0 aromatic heterocycles. The monoisotopic (exact) mass is 193 g/mol. The summed E-state index contributed by atoms with van der Waals surface area (Å²) in [6.45, 7) is 9.51. The number of hydrogen-bond donors (Lipinski definition) is 1. The minimum Gasteiger partial charge on any atom is -0.396 e. The van der Waals surface area contributed by atoms with Crippen LogP contribution in [0.15, 0.2) is 12.6 Å². The quantitative estimate of drug-likeness (QED) is 0.715. The fraction of sp³-hybridized carbons (Fsp3) is 0.333. The molecule has 0 atom stereocenters. The zero-order valence-electron chi connectivity index (χ0n) is 8.89. The van der Waals surface area contributed by atoms with Gasteiger partial charge in [-0.2, -0.15) is 0 Å². The van der Waals surface area contributed by atoms with E-state index in [1.807, 2.05) is 20.8 Å². The van der Waals surface area contributed by atoms with Crippen LogP contribution in [-0.4, -0.2) is 0 Å². The molecule has 14 heavy (non-hydrogen) atoms. The van der Waals surface area contributed by atoms with Gasteiger partial charge < -0.3 is 5.73 Å². The highest BCUT2D eigenvalue weighted by Gasteiger charge is 2.15. The van der Waals surface area contributed by atoms with Crippen LogP contribution in [0, 0.1) is 12.7 Å². The highest BCUT2D eigenvalue weighted by molar-refractivity contribution is 5.63. The van der Waals surface area contributed by atoms with Crippen molar-refractivity contribution >= 4 is 11.8 Å². The molecule has 0 aliphatic carbocycles. The summed E-state index contributed by atoms with van der Waals surface area (Å²) in [6.07, 6.45) is 1.69. The van der Waals surface area contributed by atoms with Gasteiger partial charge in [0.15, 0.2) is 0 Å². The number of benzene rings is 1. The average Bonchev–Trinajstić information content (AvgIpc) is 2.10. The molecule has 1 nitrogen and oxygen atoms in total. The van der Waals surface area contributed by atoms with Gasteiger partial charge in [0.1, 0.15) is 5.82 Å². The molecule has 1 aromatic carbocycles. The van der Waals surface area contributed by atoms with Gasteiger partial charge in [-0.3, -0.25) is 0 Å². The molecule has 0 aliphatic heterocycles. The van der Waals surface area contributed by atoms with Gasteiger partial charge in [-0.15, -0.1) is 0 Å². The van der Waals surface area contributed by atoms with E-state index in [0.29, 0.717) is 5.56 Å². The van der Waals surface area contributed by atoms with Gasteiger partial charge in [-0.25, -0.2) is 4.39 Å². The number of nitrogen functional groups attached to an aromatic ring is 1. The third kappa shape index (κ3) is 1.65. The smallest absolute Gasteiger partial charge is 0.150 e. The Morgan fingerprint density at radius 2 is 2.07 bits per heavy atom. The normalized spacial score (nSPS) is 10.6. The van der Waals surface area contributed by atoms with Gasteiger partial charge in [0.25, 0.3) is 0 Å². The van der Waals surface area contributed by atoms with E-state index in [9.17, 15) is 4.39 Å². The Bertz CT molecular complexity index is 367. The molecular weight excluding hydrogens is 177 g/mol. The van der Waals surface area contributed by atoms with Crippen LogP contribution in [0.1, 0.15) is 36.5 Å². The van der Waals surface area contributed by atoms with E-state index in [1.54, 1.807) is 12.1 Å². The summed E-state index contributed by atoms with van der Waals surface area (Å²) in [5.74, 6) is -0.189. The lowest BCUT2D eigenvalue weighted by atomic mass is 9.92. The Labute approximate surface area is 84.4 Å².